The molecule has 33 heavy (non-hydrogen) atoms. The van der Waals surface area contributed by atoms with Crippen LogP contribution >= 0.6 is 0 Å². The van der Waals surface area contributed by atoms with Gasteiger partial charge in [-0.05, 0) is 80.4 Å². The minimum atomic E-state index is -0.633. The molecule has 170 valence electrons. The molecule has 0 aliphatic rings. The van der Waals surface area contributed by atoms with Gasteiger partial charge in [-0.15, -0.1) is 0 Å². The summed E-state index contributed by atoms with van der Waals surface area (Å²) < 4.78 is 18.8. The molecule has 0 unspecified atom stereocenters. The molecule has 1 amide bonds. The van der Waals surface area contributed by atoms with Crippen LogP contribution in [0.25, 0.3) is 12.2 Å². The molecule has 6 heteroatoms. The van der Waals surface area contributed by atoms with Crippen molar-refractivity contribution >= 4 is 41.1 Å². The molecule has 0 aliphatic heterocycles. The van der Waals surface area contributed by atoms with Gasteiger partial charge in [0.15, 0.2) is 0 Å². The molecule has 3 aromatic rings. The molecule has 0 aromatic heterocycles. The standard InChI is InChI=1S/C27H27FN2O3/c1-18(31)29-22-12-7-19(8-13-22)5-6-20-9-16-24(26(32)33-27(2,3)4)25(17-20)30-23-14-10-21(28)11-15-23/h5-17,30H,1-4H3,(H,29,31). The van der Waals surface area contributed by atoms with Crippen molar-refractivity contribution in [2.75, 3.05) is 10.6 Å². The first-order valence-electron chi connectivity index (χ1n) is 10.5. The van der Waals surface area contributed by atoms with Crippen molar-refractivity contribution in [1.82, 2.24) is 0 Å². The van der Waals surface area contributed by atoms with Crippen LogP contribution in [0.15, 0.2) is 66.7 Å². The highest BCUT2D eigenvalue weighted by atomic mass is 19.1. The fraction of sp³-hybridized carbons (Fsp3) is 0.185. The van der Waals surface area contributed by atoms with E-state index in [0.29, 0.717) is 16.9 Å². The van der Waals surface area contributed by atoms with E-state index in [-0.39, 0.29) is 11.7 Å². The van der Waals surface area contributed by atoms with E-state index in [4.69, 9.17) is 4.74 Å². The SMILES string of the molecule is CC(=O)Nc1ccc(C=Cc2ccc(C(=O)OC(C)(C)C)c(Nc3ccc(F)cc3)c2)cc1. The van der Waals surface area contributed by atoms with Gasteiger partial charge in [-0.25, -0.2) is 9.18 Å². The Kier molecular flexibility index (Phi) is 7.28. The van der Waals surface area contributed by atoms with Crippen molar-refractivity contribution in [1.29, 1.82) is 0 Å². The van der Waals surface area contributed by atoms with Crippen LogP contribution in [0, 0.1) is 5.82 Å². The van der Waals surface area contributed by atoms with Gasteiger partial charge in [-0.3, -0.25) is 4.79 Å². The first-order chi connectivity index (χ1) is 15.6. The third-order valence-electron chi connectivity index (χ3n) is 4.48. The summed E-state index contributed by atoms with van der Waals surface area (Å²) in [7, 11) is 0. The number of hydrogen-bond donors (Lipinski definition) is 2. The topological polar surface area (TPSA) is 67.4 Å². The van der Waals surface area contributed by atoms with Crippen LogP contribution < -0.4 is 10.6 Å². The second-order valence-electron chi connectivity index (χ2n) is 8.58. The number of ether oxygens (including phenoxy) is 1. The van der Waals surface area contributed by atoms with Crippen molar-refractivity contribution in [3.8, 4) is 0 Å². The van der Waals surface area contributed by atoms with Gasteiger partial charge < -0.3 is 15.4 Å². The highest BCUT2D eigenvalue weighted by molar-refractivity contribution is 5.97. The van der Waals surface area contributed by atoms with E-state index < -0.39 is 11.6 Å². The Balaban J connectivity index is 1.87. The van der Waals surface area contributed by atoms with Crippen LogP contribution in [0.5, 0.6) is 0 Å². The van der Waals surface area contributed by atoms with E-state index >= 15 is 0 Å². The Labute approximate surface area is 193 Å². The van der Waals surface area contributed by atoms with E-state index in [9.17, 15) is 14.0 Å². The molecule has 2 N–H and O–H groups in total. The second-order valence-corrected chi connectivity index (χ2v) is 8.58. The number of nitrogens with one attached hydrogen (secondary N) is 2. The predicted octanol–water partition coefficient (Wildman–Crippen LogP) is 6.65. The number of amides is 1. The summed E-state index contributed by atoms with van der Waals surface area (Å²) in [5.41, 5.74) is 3.49. The molecule has 0 atom stereocenters. The van der Waals surface area contributed by atoms with Gasteiger partial charge in [0.05, 0.1) is 11.3 Å². The highest BCUT2D eigenvalue weighted by Crippen LogP contribution is 2.26. The lowest BCUT2D eigenvalue weighted by Gasteiger charge is -2.21. The lowest BCUT2D eigenvalue weighted by Crippen LogP contribution is -2.24. The number of carbonyl (C=O) groups is 2. The maximum atomic E-state index is 13.3. The molecule has 0 fully saturated rings. The number of anilines is 3. The Morgan fingerprint density at radius 1 is 0.848 bits per heavy atom. The van der Waals surface area contributed by atoms with Crippen molar-refractivity contribution in [2.24, 2.45) is 0 Å². The van der Waals surface area contributed by atoms with Gasteiger partial charge in [0.2, 0.25) is 5.91 Å². The predicted molar refractivity (Wildman–Crippen MR) is 131 cm³/mol. The molecule has 0 bridgehead atoms. The summed E-state index contributed by atoms with van der Waals surface area (Å²) in [4.78, 5) is 23.9. The number of hydrogen-bond acceptors (Lipinski definition) is 4. The maximum absolute atomic E-state index is 13.3. The number of halogens is 1. The summed E-state index contributed by atoms with van der Waals surface area (Å²) in [6.07, 6.45) is 3.85. The molecule has 3 rings (SSSR count). The van der Waals surface area contributed by atoms with Gasteiger partial charge in [0, 0.05) is 18.3 Å². The minimum Gasteiger partial charge on any atom is -0.456 e. The summed E-state index contributed by atoms with van der Waals surface area (Å²) in [5.74, 6) is -0.908. The van der Waals surface area contributed by atoms with Crippen LogP contribution in [-0.2, 0) is 9.53 Å². The summed E-state index contributed by atoms with van der Waals surface area (Å²) in [5, 5.41) is 5.92. The van der Waals surface area contributed by atoms with E-state index in [0.717, 1.165) is 16.8 Å². The molecule has 0 heterocycles. The lowest BCUT2D eigenvalue weighted by molar-refractivity contribution is -0.114. The third kappa shape index (κ3) is 7.31. The largest absolute Gasteiger partial charge is 0.456 e. The van der Waals surface area contributed by atoms with Crippen LogP contribution in [0.2, 0.25) is 0 Å². The molecule has 3 aromatic carbocycles. The molecule has 5 nitrogen and oxygen atoms in total. The van der Waals surface area contributed by atoms with Gasteiger partial charge in [-0.2, -0.15) is 0 Å². The number of benzene rings is 3. The average Bonchev–Trinajstić information content (AvgIpc) is 2.73. The van der Waals surface area contributed by atoms with Crippen LogP contribution in [0.1, 0.15) is 49.2 Å². The third-order valence-corrected chi connectivity index (χ3v) is 4.48. The normalized spacial score (nSPS) is 11.3. The monoisotopic (exact) mass is 446 g/mol. The molecule has 0 saturated carbocycles. The second kappa shape index (κ2) is 10.1. The van der Waals surface area contributed by atoms with E-state index in [1.807, 2.05) is 69.3 Å². The molecular weight excluding hydrogens is 419 g/mol. The molecule has 0 saturated heterocycles. The molecule has 0 spiro atoms. The van der Waals surface area contributed by atoms with Gasteiger partial charge in [-0.1, -0.05) is 30.4 Å². The van der Waals surface area contributed by atoms with Crippen LogP contribution in [-0.4, -0.2) is 17.5 Å². The summed E-state index contributed by atoms with van der Waals surface area (Å²) in [6.45, 7) is 6.90. The van der Waals surface area contributed by atoms with Gasteiger partial charge >= 0.3 is 5.97 Å². The van der Waals surface area contributed by atoms with Crippen LogP contribution in [0.3, 0.4) is 0 Å². The van der Waals surface area contributed by atoms with E-state index in [1.165, 1.54) is 19.1 Å². The van der Waals surface area contributed by atoms with Gasteiger partial charge in [0.25, 0.3) is 0 Å². The first-order valence-corrected chi connectivity index (χ1v) is 10.5. The van der Waals surface area contributed by atoms with E-state index in [1.54, 1.807) is 18.2 Å². The fourth-order valence-corrected chi connectivity index (χ4v) is 3.04. The van der Waals surface area contributed by atoms with Crippen molar-refractivity contribution in [3.05, 3.63) is 89.2 Å². The summed E-state index contributed by atoms with van der Waals surface area (Å²) in [6, 6.07) is 18.7. The Morgan fingerprint density at radius 3 is 2.03 bits per heavy atom. The van der Waals surface area contributed by atoms with Crippen molar-refractivity contribution in [2.45, 2.75) is 33.3 Å². The van der Waals surface area contributed by atoms with Crippen LogP contribution in [0.4, 0.5) is 21.5 Å². The quantitative estimate of drug-likeness (QED) is 0.328. The molecular formula is C27H27FN2O3. The Bertz CT molecular complexity index is 1160. The molecule has 0 radical (unpaired) electrons. The minimum absolute atomic E-state index is 0.121. The zero-order chi connectivity index (χ0) is 24.0. The summed E-state index contributed by atoms with van der Waals surface area (Å²) >= 11 is 0. The van der Waals surface area contributed by atoms with Crippen molar-refractivity contribution in [3.63, 3.8) is 0 Å². The van der Waals surface area contributed by atoms with Gasteiger partial charge in [0.1, 0.15) is 11.4 Å². The Morgan fingerprint density at radius 2 is 1.42 bits per heavy atom. The first kappa shape index (κ1) is 23.7. The van der Waals surface area contributed by atoms with Crippen molar-refractivity contribution < 1.29 is 18.7 Å². The zero-order valence-electron chi connectivity index (χ0n) is 19.1. The fourth-order valence-electron chi connectivity index (χ4n) is 3.04. The number of esters is 1. The number of carbonyl (C=O) groups excluding carboxylic acids is 2. The lowest BCUT2D eigenvalue weighted by atomic mass is 10.1. The smallest absolute Gasteiger partial charge is 0.340 e. The maximum Gasteiger partial charge on any atom is 0.340 e. The van der Waals surface area contributed by atoms with E-state index in [2.05, 4.69) is 10.6 Å². The number of rotatable bonds is 6. The average molecular weight is 447 g/mol. The zero-order valence-corrected chi connectivity index (χ0v) is 19.1. The Hall–Kier alpha value is -3.93. The highest BCUT2D eigenvalue weighted by Gasteiger charge is 2.20. The molecule has 0 aliphatic carbocycles.